The number of hydrogen-bond donors (Lipinski definition) is 1. The number of hydrogen-bond acceptors (Lipinski definition) is 4. The zero-order valence-electron chi connectivity index (χ0n) is 14.1. The number of carbonyl (C=O) groups is 1. The van der Waals surface area contributed by atoms with Crippen molar-refractivity contribution in [3.05, 3.63) is 72.1 Å². The van der Waals surface area contributed by atoms with Gasteiger partial charge in [-0.3, -0.25) is 14.3 Å². The zero-order chi connectivity index (χ0) is 17.9. The van der Waals surface area contributed by atoms with Crippen LogP contribution in [0, 0.1) is 0 Å². The Hall–Kier alpha value is -3.29. The smallest absolute Gasteiger partial charge is 0.244 e. The third-order valence-corrected chi connectivity index (χ3v) is 4.12. The number of rotatable bonds is 4. The van der Waals surface area contributed by atoms with Gasteiger partial charge in [-0.05, 0) is 48.5 Å². The Bertz CT molecular complexity index is 1060. The number of aromatic nitrogens is 4. The highest BCUT2D eigenvalue weighted by Crippen LogP contribution is 2.25. The van der Waals surface area contributed by atoms with Crippen molar-refractivity contribution in [2.24, 2.45) is 0 Å². The van der Waals surface area contributed by atoms with Gasteiger partial charge >= 0.3 is 0 Å². The second-order valence-corrected chi connectivity index (χ2v) is 6.10. The van der Waals surface area contributed by atoms with E-state index in [0.29, 0.717) is 22.2 Å². The van der Waals surface area contributed by atoms with Crippen molar-refractivity contribution >= 4 is 34.4 Å². The summed E-state index contributed by atoms with van der Waals surface area (Å²) in [4.78, 5) is 25.5. The fourth-order valence-corrected chi connectivity index (χ4v) is 2.83. The summed E-state index contributed by atoms with van der Waals surface area (Å²) in [5.41, 5.74) is 2.94. The Morgan fingerprint density at radius 3 is 2.52 bits per heavy atom. The van der Waals surface area contributed by atoms with E-state index in [9.17, 15) is 4.79 Å². The summed E-state index contributed by atoms with van der Waals surface area (Å²) in [6.45, 7) is 0.0911. The number of imidazole rings is 1. The maximum Gasteiger partial charge on any atom is 0.244 e. The van der Waals surface area contributed by atoms with Crippen LogP contribution in [0.1, 0.15) is 0 Å². The summed E-state index contributed by atoms with van der Waals surface area (Å²) in [7, 11) is 0. The summed E-state index contributed by atoms with van der Waals surface area (Å²) < 4.78 is 1.80. The van der Waals surface area contributed by atoms with E-state index in [1.165, 1.54) is 0 Å². The molecule has 0 spiro atoms. The van der Waals surface area contributed by atoms with Crippen molar-refractivity contribution < 1.29 is 10.3 Å². The van der Waals surface area contributed by atoms with Crippen LogP contribution < -0.4 is 5.32 Å². The van der Waals surface area contributed by atoms with Crippen LogP contribution in [0.25, 0.3) is 22.6 Å². The highest BCUT2D eigenvalue weighted by molar-refractivity contribution is 6.30. The van der Waals surface area contributed by atoms with Crippen LogP contribution in [0.15, 0.2) is 67.1 Å². The first kappa shape index (κ1) is 18.5. The Morgan fingerprint density at radius 1 is 1.04 bits per heavy atom. The van der Waals surface area contributed by atoms with E-state index in [1.807, 2.05) is 24.3 Å². The van der Waals surface area contributed by atoms with E-state index < -0.39 is 0 Å². The number of nitrogens with one attached hydrogen (secondary N) is 1. The lowest BCUT2D eigenvalue weighted by molar-refractivity contribution is -0.116. The molecule has 7 nitrogen and oxygen atoms in total. The third kappa shape index (κ3) is 3.94. The van der Waals surface area contributed by atoms with E-state index in [2.05, 4.69) is 20.3 Å². The first-order valence-corrected chi connectivity index (χ1v) is 8.35. The summed E-state index contributed by atoms with van der Waals surface area (Å²) >= 11 is 5.98. The van der Waals surface area contributed by atoms with Crippen LogP contribution in [-0.4, -0.2) is 30.9 Å². The predicted octanol–water partition coefficient (Wildman–Crippen LogP) is 2.96. The average molecular weight is 382 g/mol. The first-order valence-electron chi connectivity index (χ1n) is 7.98. The fourth-order valence-electron chi connectivity index (χ4n) is 2.71. The lowest BCUT2D eigenvalue weighted by Crippen LogP contribution is -2.19. The molecule has 0 saturated carbocycles. The van der Waals surface area contributed by atoms with E-state index in [1.54, 1.807) is 47.4 Å². The molecule has 27 heavy (non-hydrogen) atoms. The summed E-state index contributed by atoms with van der Waals surface area (Å²) in [5, 5.41) is 3.50. The molecule has 1 amide bonds. The van der Waals surface area contributed by atoms with Crippen molar-refractivity contribution in [1.29, 1.82) is 0 Å². The van der Waals surface area contributed by atoms with Gasteiger partial charge < -0.3 is 10.8 Å². The molecular formula is C19H16ClN5O2. The van der Waals surface area contributed by atoms with Gasteiger partial charge in [0.1, 0.15) is 17.9 Å². The molecule has 3 aromatic heterocycles. The molecule has 3 heterocycles. The van der Waals surface area contributed by atoms with Crippen LogP contribution in [0.4, 0.5) is 5.69 Å². The van der Waals surface area contributed by atoms with Crippen LogP contribution in [0.5, 0.6) is 0 Å². The van der Waals surface area contributed by atoms with Crippen molar-refractivity contribution in [2.75, 3.05) is 5.32 Å². The minimum atomic E-state index is -0.170. The molecule has 4 aromatic rings. The highest BCUT2D eigenvalue weighted by Gasteiger charge is 2.16. The van der Waals surface area contributed by atoms with Gasteiger partial charge in [0.05, 0.1) is 0 Å². The third-order valence-electron chi connectivity index (χ3n) is 3.87. The van der Waals surface area contributed by atoms with Gasteiger partial charge in [-0.2, -0.15) is 0 Å². The first-order chi connectivity index (χ1) is 12.7. The fraction of sp³-hybridized carbons (Fsp3) is 0.0526. The summed E-state index contributed by atoms with van der Waals surface area (Å²) in [6.07, 6.45) is 4.94. The van der Waals surface area contributed by atoms with Gasteiger partial charge in [-0.1, -0.05) is 11.6 Å². The van der Waals surface area contributed by atoms with Crippen molar-refractivity contribution in [2.45, 2.75) is 6.54 Å². The van der Waals surface area contributed by atoms with Crippen molar-refractivity contribution in [3.63, 3.8) is 0 Å². The van der Waals surface area contributed by atoms with Gasteiger partial charge in [-0.25, -0.2) is 9.97 Å². The van der Waals surface area contributed by atoms with Crippen LogP contribution >= 0.6 is 11.6 Å². The molecule has 4 rings (SSSR count). The van der Waals surface area contributed by atoms with Crippen molar-refractivity contribution in [1.82, 2.24) is 19.5 Å². The lowest BCUT2D eigenvalue weighted by Gasteiger charge is -2.09. The zero-order valence-corrected chi connectivity index (χ0v) is 14.9. The Morgan fingerprint density at radius 2 is 1.78 bits per heavy atom. The number of carbonyl (C=O) groups excluding carboxylic acids is 1. The number of fused-ring (bicyclic) bond motifs is 1. The Balaban J connectivity index is 0.00000210. The molecular weight excluding hydrogens is 366 g/mol. The summed E-state index contributed by atoms with van der Waals surface area (Å²) in [6, 6.07) is 14.5. The quantitative estimate of drug-likeness (QED) is 0.586. The van der Waals surface area contributed by atoms with Crippen molar-refractivity contribution in [3.8, 4) is 11.4 Å². The number of pyridine rings is 2. The second-order valence-electron chi connectivity index (χ2n) is 5.66. The average Bonchev–Trinajstić information content (AvgIpc) is 3.02. The predicted molar refractivity (Wildman–Crippen MR) is 104 cm³/mol. The van der Waals surface area contributed by atoms with Gasteiger partial charge in [0.2, 0.25) is 5.91 Å². The molecule has 0 aliphatic carbocycles. The largest absolute Gasteiger partial charge is 0.412 e. The number of nitrogens with zero attached hydrogens (tertiary/aromatic N) is 4. The number of halogens is 1. The number of amides is 1. The molecule has 0 aliphatic rings. The molecule has 0 aliphatic heterocycles. The molecule has 0 atom stereocenters. The van der Waals surface area contributed by atoms with E-state index in [0.717, 1.165) is 11.1 Å². The monoisotopic (exact) mass is 381 g/mol. The molecule has 0 saturated heterocycles. The van der Waals surface area contributed by atoms with E-state index >= 15 is 0 Å². The molecule has 136 valence electrons. The van der Waals surface area contributed by atoms with Gasteiger partial charge in [0.15, 0.2) is 5.65 Å². The molecule has 0 radical (unpaired) electrons. The normalized spacial score (nSPS) is 10.4. The Labute approximate surface area is 160 Å². The maximum absolute atomic E-state index is 12.5. The van der Waals surface area contributed by atoms with E-state index in [-0.39, 0.29) is 17.9 Å². The van der Waals surface area contributed by atoms with Gasteiger partial charge in [0.25, 0.3) is 0 Å². The lowest BCUT2D eigenvalue weighted by atomic mass is 10.2. The second kappa shape index (κ2) is 7.94. The van der Waals surface area contributed by atoms with E-state index in [4.69, 9.17) is 11.6 Å². The highest BCUT2D eigenvalue weighted by atomic mass is 35.5. The Kier molecular flexibility index (Phi) is 5.44. The molecule has 0 unspecified atom stereocenters. The number of anilines is 1. The maximum atomic E-state index is 12.5. The SMILES string of the molecule is O.O=C(Cn1c(-c2ccc(Cl)cc2)nc2cccnc21)Nc1ccncc1. The standard InChI is InChI=1S/C19H14ClN5O.H2O/c20-14-5-3-13(4-6-14)18-24-16-2-1-9-22-19(16)25(18)12-17(26)23-15-7-10-21-11-8-15;/h1-11H,12H2,(H,21,23,26);1H2. The van der Waals surface area contributed by atoms with Crippen LogP contribution in [0.3, 0.4) is 0 Å². The minimum Gasteiger partial charge on any atom is -0.412 e. The van der Waals surface area contributed by atoms with Gasteiger partial charge in [0, 0.05) is 34.9 Å². The topological polar surface area (TPSA) is 104 Å². The van der Waals surface area contributed by atoms with Crippen LogP contribution in [-0.2, 0) is 11.3 Å². The molecule has 1 aromatic carbocycles. The molecule has 3 N–H and O–H groups in total. The molecule has 8 heteroatoms. The van der Waals surface area contributed by atoms with Crippen LogP contribution in [0.2, 0.25) is 5.02 Å². The minimum absolute atomic E-state index is 0. The molecule has 0 fully saturated rings. The van der Waals surface area contributed by atoms with Gasteiger partial charge in [-0.15, -0.1) is 0 Å². The summed E-state index contributed by atoms with van der Waals surface area (Å²) in [5.74, 6) is 0.497. The molecule has 0 bridgehead atoms. The number of benzene rings is 1.